The van der Waals surface area contributed by atoms with E-state index < -0.39 is 11.6 Å². The molecule has 0 spiro atoms. The molecule has 1 heterocycles. The van der Waals surface area contributed by atoms with Crippen LogP contribution in [0.4, 0.5) is 14.5 Å². The number of carbonyl (C=O) groups is 1. The number of nitrogens with zero attached hydrogens (tertiary/aromatic N) is 1. The van der Waals surface area contributed by atoms with Gasteiger partial charge in [-0.05, 0) is 19.2 Å². The highest BCUT2D eigenvalue weighted by molar-refractivity contribution is 5.92. The molecule has 18 heavy (non-hydrogen) atoms. The predicted octanol–water partition coefficient (Wildman–Crippen LogP) is 0.807. The van der Waals surface area contributed by atoms with Gasteiger partial charge < -0.3 is 10.6 Å². The van der Waals surface area contributed by atoms with Crippen molar-refractivity contribution in [2.24, 2.45) is 0 Å². The van der Waals surface area contributed by atoms with Crippen molar-refractivity contribution in [2.75, 3.05) is 32.0 Å². The second-order valence-corrected chi connectivity index (χ2v) is 4.43. The van der Waals surface area contributed by atoms with Crippen LogP contribution in [0.1, 0.15) is 0 Å². The monoisotopic (exact) mass is 255 g/mol. The largest absolute Gasteiger partial charge is 0.325 e. The van der Waals surface area contributed by atoms with Gasteiger partial charge in [-0.3, -0.25) is 9.69 Å². The molecule has 6 heteroatoms. The minimum Gasteiger partial charge on any atom is -0.325 e. The van der Waals surface area contributed by atoms with Gasteiger partial charge in [0.2, 0.25) is 5.91 Å². The Hall–Kier alpha value is -1.53. The molecule has 1 aromatic rings. The Morgan fingerprint density at radius 1 is 1.39 bits per heavy atom. The fourth-order valence-corrected chi connectivity index (χ4v) is 1.77. The number of benzene rings is 1. The van der Waals surface area contributed by atoms with E-state index in [9.17, 15) is 13.6 Å². The van der Waals surface area contributed by atoms with Gasteiger partial charge in [0.1, 0.15) is 11.6 Å². The Morgan fingerprint density at radius 2 is 2.00 bits per heavy atom. The van der Waals surface area contributed by atoms with Crippen LogP contribution in [-0.4, -0.2) is 43.5 Å². The molecule has 98 valence electrons. The van der Waals surface area contributed by atoms with Crippen LogP contribution in [0.5, 0.6) is 0 Å². The van der Waals surface area contributed by atoms with Crippen LogP contribution < -0.4 is 10.6 Å². The summed E-state index contributed by atoms with van der Waals surface area (Å²) < 4.78 is 25.8. The van der Waals surface area contributed by atoms with Crippen LogP contribution in [0.2, 0.25) is 0 Å². The zero-order chi connectivity index (χ0) is 13.1. The van der Waals surface area contributed by atoms with Crippen LogP contribution in [0.25, 0.3) is 0 Å². The van der Waals surface area contributed by atoms with E-state index in [1.54, 1.807) is 0 Å². The topological polar surface area (TPSA) is 44.4 Å². The van der Waals surface area contributed by atoms with Crippen LogP contribution in [0.15, 0.2) is 18.2 Å². The van der Waals surface area contributed by atoms with E-state index in [0.29, 0.717) is 6.04 Å². The number of anilines is 1. The molecular formula is C12H15F2N3O. The van der Waals surface area contributed by atoms with E-state index in [4.69, 9.17) is 0 Å². The predicted molar refractivity (Wildman–Crippen MR) is 64.3 cm³/mol. The number of hydrogen-bond acceptors (Lipinski definition) is 3. The van der Waals surface area contributed by atoms with E-state index in [2.05, 4.69) is 10.6 Å². The van der Waals surface area contributed by atoms with Gasteiger partial charge in [0.05, 0.1) is 6.54 Å². The Labute approximate surface area is 104 Å². The molecule has 0 saturated carbocycles. The molecule has 0 atom stereocenters. The van der Waals surface area contributed by atoms with Crippen LogP contribution in [0.3, 0.4) is 0 Å². The normalized spacial score (nSPS) is 15.6. The number of rotatable bonds is 4. The van der Waals surface area contributed by atoms with Gasteiger partial charge in [-0.2, -0.15) is 0 Å². The lowest BCUT2D eigenvalue weighted by molar-refractivity contribution is -0.117. The highest BCUT2D eigenvalue weighted by Crippen LogP contribution is 2.13. The first-order valence-electron chi connectivity index (χ1n) is 5.71. The van der Waals surface area contributed by atoms with Crippen LogP contribution >= 0.6 is 0 Å². The van der Waals surface area contributed by atoms with Gasteiger partial charge in [0.15, 0.2) is 0 Å². The van der Waals surface area contributed by atoms with Crippen molar-refractivity contribution in [3.05, 3.63) is 29.8 Å². The second-order valence-electron chi connectivity index (χ2n) is 4.43. The standard InChI is InChI=1S/C12H15F2N3O/c1-17(11-5-15-6-11)7-12(18)16-10-3-8(13)2-9(14)4-10/h2-4,11,15H,5-7H2,1H3,(H,16,18). The Morgan fingerprint density at radius 3 is 2.50 bits per heavy atom. The molecule has 2 N–H and O–H groups in total. The molecule has 1 aliphatic rings. The first-order valence-corrected chi connectivity index (χ1v) is 5.71. The molecular weight excluding hydrogens is 240 g/mol. The smallest absolute Gasteiger partial charge is 0.238 e. The lowest BCUT2D eigenvalue weighted by Crippen LogP contribution is -2.57. The summed E-state index contributed by atoms with van der Waals surface area (Å²) in [6.45, 7) is 1.92. The maximum absolute atomic E-state index is 12.9. The Balaban J connectivity index is 1.89. The van der Waals surface area contributed by atoms with Gasteiger partial charge in [-0.15, -0.1) is 0 Å². The van der Waals surface area contributed by atoms with Gasteiger partial charge in [0.25, 0.3) is 0 Å². The molecule has 0 radical (unpaired) electrons. The van der Waals surface area contributed by atoms with Crippen molar-refractivity contribution >= 4 is 11.6 Å². The number of carbonyl (C=O) groups excluding carboxylic acids is 1. The molecule has 1 fully saturated rings. The molecule has 4 nitrogen and oxygen atoms in total. The Bertz CT molecular complexity index is 429. The summed E-state index contributed by atoms with van der Waals surface area (Å²) >= 11 is 0. The number of nitrogens with one attached hydrogen (secondary N) is 2. The van der Waals surface area contributed by atoms with Gasteiger partial charge in [0, 0.05) is 30.9 Å². The van der Waals surface area contributed by atoms with E-state index >= 15 is 0 Å². The number of amides is 1. The summed E-state index contributed by atoms with van der Waals surface area (Å²) in [4.78, 5) is 13.6. The summed E-state index contributed by atoms with van der Waals surface area (Å²) in [6, 6.07) is 3.29. The molecule has 0 unspecified atom stereocenters. The number of likely N-dealkylation sites (N-methyl/N-ethyl adjacent to an activating group) is 1. The zero-order valence-electron chi connectivity index (χ0n) is 10.0. The van der Waals surface area contributed by atoms with Crippen molar-refractivity contribution in [1.82, 2.24) is 10.2 Å². The van der Waals surface area contributed by atoms with Crippen molar-refractivity contribution in [3.8, 4) is 0 Å². The maximum Gasteiger partial charge on any atom is 0.238 e. The third kappa shape index (κ3) is 3.24. The third-order valence-corrected chi connectivity index (χ3v) is 2.92. The number of halogens is 2. The molecule has 0 aromatic heterocycles. The van der Waals surface area contributed by atoms with Crippen molar-refractivity contribution in [2.45, 2.75) is 6.04 Å². The third-order valence-electron chi connectivity index (χ3n) is 2.92. The van der Waals surface area contributed by atoms with Crippen molar-refractivity contribution in [3.63, 3.8) is 0 Å². The summed E-state index contributed by atoms with van der Waals surface area (Å²) in [5, 5.41) is 5.58. The zero-order valence-corrected chi connectivity index (χ0v) is 10.0. The molecule has 1 saturated heterocycles. The lowest BCUT2D eigenvalue weighted by Gasteiger charge is -2.35. The van der Waals surface area contributed by atoms with Crippen LogP contribution in [-0.2, 0) is 4.79 Å². The van der Waals surface area contributed by atoms with Crippen molar-refractivity contribution in [1.29, 1.82) is 0 Å². The van der Waals surface area contributed by atoms with Gasteiger partial charge >= 0.3 is 0 Å². The molecule has 0 aliphatic carbocycles. The SMILES string of the molecule is CN(CC(=O)Nc1cc(F)cc(F)c1)C1CNC1. The summed E-state index contributed by atoms with van der Waals surface area (Å²) in [6.07, 6.45) is 0. The summed E-state index contributed by atoms with van der Waals surface area (Å²) in [5.41, 5.74) is 0.137. The van der Waals surface area contributed by atoms with Crippen molar-refractivity contribution < 1.29 is 13.6 Å². The van der Waals surface area contributed by atoms with Gasteiger partial charge in [-0.25, -0.2) is 8.78 Å². The summed E-state index contributed by atoms with van der Waals surface area (Å²) in [5.74, 6) is -1.70. The molecule has 0 bridgehead atoms. The minimum atomic E-state index is -0.707. The molecule has 1 amide bonds. The second kappa shape index (κ2) is 5.41. The van der Waals surface area contributed by atoms with Crippen LogP contribution in [0, 0.1) is 11.6 Å². The minimum absolute atomic E-state index is 0.137. The van der Waals surface area contributed by atoms with E-state index in [0.717, 1.165) is 31.3 Å². The average molecular weight is 255 g/mol. The first kappa shape index (κ1) is 12.9. The highest BCUT2D eigenvalue weighted by Gasteiger charge is 2.22. The van der Waals surface area contributed by atoms with E-state index in [-0.39, 0.29) is 18.1 Å². The fourth-order valence-electron chi connectivity index (χ4n) is 1.77. The quantitative estimate of drug-likeness (QED) is 0.836. The van der Waals surface area contributed by atoms with E-state index in [1.807, 2.05) is 11.9 Å². The Kier molecular flexibility index (Phi) is 3.88. The van der Waals surface area contributed by atoms with E-state index in [1.165, 1.54) is 0 Å². The number of hydrogen-bond donors (Lipinski definition) is 2. The molecule has 1 aliphatic heterocycles. The average Bonchev–Trinajstić information content (AvgIpc) is 2.11. The fraction of sp³-hybridized carbons (Fsp3) is 0.417. The lowest BCUT2D eigenvalue weighted by atomic mass is 10.1. The van der Waals surface area contributed by atoms with Gasteiger partial charge in [-0.1, -0.05) is 0 Å². The molecule has 1 aromatic carbocycles. The maximum atomic E-state index is 12.9. The first-order chi connectivity index (χ1) is 8.54. The molecule has 2 rings (SSSR count). The highest BCUT2D eigenvalue weighted by atomic mass is 19.1. The summed E-state index contributed by atoms with van der Waals surface area (Å²) in [7, 11) is 1.84.